The maximum atomic E-state index is 11.8. The Morgan fingerprint density at radius 2 is 1.69 bits per heavy atom. The first-order chi connectivity index (χ1) is 16.8. The predicted molar refractivity (Wildman–Crippen MR) is 127 cm³/mol. The van der Waals surface area contributed by atoms with Crippen molar-refractivity contribution in [2.75, 3.05) is 32.8 Å². The second-order valence-electron chi connectivity index (χ2n) is 7.29. The molecule has 2 unspecified atom stereocenters. The van der Waals surface area contributed by atoms with Crippen LogP contribution < -0.4 is 11.2 Å². The van der Waals surface area contributed by atoms with E-state index in [9.17, 15) is 38.7 Å². The van der Waals surface area contributed by atoms with Gasteiger partial charge in [-0.15, -0.1) is 12.3 Å². The summed E-state index contributed by atoms with van der Waals surface area (Å²) in [6, 6.07) is 0.975. The third kappa shape index (κ3) is 10.4. The van der Waals surface area contributed by atoms with Crippen LogP contribution in [0.5, 0.6) is 0 Å². The number of rotatable bonds is 12. The van der Waals surface area contributed by atoms with E-state index in [0.717, 1.165) is 16.8 Å². The van der Waals surface area contributed by atoms with Crippen LogP contribution in [-0.4, -0.2) is 85.6 Å². The molecule has 1 saturated heterocycles. The molecule has 17 heteroatoms. The van der Waals surface area contributed by atoms with E-state index in [0.29, 0.717) is 0 Å². The van der Waals surface area contributed by atoms with Gasteiger partial charge in [0.15, 0.2) is 6.23 Å². The molecular weight excluding hydrogens is 524 g/mol. The minimum Gasteiger partial charge on any atom is -0.387 e. The fraction of sp³-hybridized carbons (Fsp3) is 0.684. The molecule has 0 bridgehead atoms. The molecular formula is C19H33N3O12P2. The van der Waals surface area contributed by atoms with Gasteiger partial charge in [-0.2, -0.15) is 4.31 Å². The number of phosphoric ester groups is 2. The summed E-state index contributed by atoms with van der Waals surface area (Å²) in [4.78, 5) is 46.1. The Balaban J connectivity index is 0.000000809. The molecule has 0 aromatic carbocycles. The first-order valence-electron chi connectivity index (χ1n) is 11.0. The topological polar surface area (TPSA) is 210 Å². The summed E-state index contributed by atoms with van der Waals surface area (Å²) in [5.74, 6) is 2.11. The molecule has 1 aliphatic heterocycles. The third-order valence-electron chi connectivity index (χ3n) is 4.91. The average molecular weight is 557 g/mol. The number of aromatic nitrogens is 2. The van der Waals surface area contributed by atoms with E-state index >= 15 is 0 Å². The highest BCUT2D eigenvalue weighted by Gasteiger charge is 2.46. The molecule has 1 aromatic rings. The molecule has 0 aliphatic carbocycles. The highest BCUT2D eigenvalue weighted by atomic mass is 31.3. The number of aliphatic hydroxyl groups is 2. The molecule has 0 saturated carbocycles. The molecule has 206 valence electrons. The SMILES string of the molecule is C#CCCOP(=O)(O)OP(=O)(O)OC[C@H]1O[C@@H](n2ccc(=O)[nH]c2=O)[C@H](O)[C@@H]1O.CCN(CC)CC. The zero-order valence-electron chi connectivity index (χ0n) is 20.1. The van der Waals surface area contributed by atoms with E-state index in [1.807, 2.05) is 4.98 Å². The highest BCUT2D eigenvalue weighted by molar-refractivity contribution is 7.61. The minimum absolute atomic E-state index is 0.0595. The normalized spacial score (nSPS) is 24.9. The third-order valence-corrected chi connectivity index (χ3v) is 7.55. The van der Waals surface area contributed by atoms with E-state index < -0.39 is 64.6 Å². The van der Waals surface area contributed by atoms with Crippen molar-refractivity contribution in [3.8, 4) is 12.3 Å². The number of nitrogens with one attached hydrogen (secondary N) is 1. The fourth-order valence-corrected chi connectivity index (χ4v) is 5.04. The Kier molecular flexibility index (Phi) is 13.4. The lowest BCUT2D eigenvalue weighted by molar-refractivity contribution is -0.0543. The smallest absolute Gasteiger partial charge is 0.387 e. The lowest BCUT2D eigenvalue weighted by atomic mass is 10.1. The van der Waals surface area contributed by atoms with Gasteiger partial charge in [0, 0.05) is 18.7 Å². The molecule has 6 atom stereocenters. The fourth-order valence-electron chi connectivity index (χ4n) is 2.96. The molecule has 0 amide bonds. The molecule has 0 radical (unpaired) electrons. The molecule has 15 nitrogen and oxygen atoms in total. The summed E-state index contributed by atoms with van der Waals surface area (Å²) in [6.07, 6.45) is -0.333. The van der Waals surface area contributed by atoms with E-state index in [1.54, 1.807) is 0 Å². The van der Waals surface area contributed by atoms with Gasteiger partial charge in [0.05, 0.1) is 13.2 Å². The number of nitrogens with zero attached hydrogens (tertiary/aromatic N) is 2. The van der Waals surface area contributed by atoms with Crippen molar-refractivity contribution in [3.05, 3.63) is 33.1 Å². The zero-order chi connectivity index (χ0) is 27.5. The lowest BCUT2D eigenvalue weighted by Gasteiger charge is -2.19. The summed E-state index contributed by atoms with van der Waals surface area (Å²) in [5, 5.41) is 20.1. The highest BCUT2D eigenvalue weighted by Crippen LogP contribution is 2.60. The molecule has 1 fully saturated rings. The van der Waals surface area contributed by atoms with Gasteiger partial charge in [-0.25, -0.2) is 13.9 Å². The summed E-state index contributed by atoms with van der Waals surface area (Å²) >= 11 is 0. The first kappa shape index (κ1) is 32.4. The minimum atomic E-state index is -5.15. The van der Waals surface area contributed by atoms with Crippen LogP contribution in [-0.2, 0) is 27.2 Å². The van der Waals surface area contributed by atoms with Gasteiger partial charge in [-0.1, -0.05) is 20.8 Å². The van der Waals surface area contributed by atoms with Crippen molar-refractivity contribution in [2.24, 2.45) is 0 Å². The van der Waals surface area contributed by atoms with E-state index in [-0.39, 0.29) is 6.42 Å². The van der Waals surface area contributed by atoms with Crippen molar-refractivity contribution in [1.29, 1.82) is 0 Å². The van der Waals surface area contributed by atoms with Gasteiger partial charge in [-0.3, -0.25) is 23.4 Å². The molecule has 36 heavy (non-hydrogen) atoms. The molecule has 0 spiro atoms. The van der Waals surface area contributed by atoms with Crippen LogP contribution in [0.1, 0.15) is 33.4 Å². The number of aromatic amines is 1. The van der Waals surface area contributed by atoms with Gasteiger partial charge in [0.2, 0.25) is 0 Å². The van der Waals surface area contributed by atoms with E-state index in [1.165, 1.54) is 19.6 Å². The van der Waals surface area contributed by atoms with Crippen molar-refractivity contribution in [2.45, 2.75) is 51.7 Å². The number of hydrogen-bond acceptors (Lipinski definition) is 11. The number of terminal acetylenes is 1. The average Bonchev–Trinajstić information content (AvgIpc) is 3.07. The van der Waals surface area contributed by atoms with Crippen molar-refractivity contribution in [3.63, 3.8) is 0 Å². The van der Waals surface area contributed by atoms with Crippen LogP contribution in [0.2, 0.25) is 0 Å². The number of H-pyrrole nitrogens is 1. The number of phosphoric acid groups is 2. The van der Waals surface area contributed by atoms with Crippen LogP contribution in [0.4, 0.5) is 0 Å². The van der Waals surface area contributed by atoms with Gasteiger partial charge < -0.3 is 29.6 Å². The largest absolute Gasteiger partial charge is 0.481 e. The Morgan fingerprint density at radius 3 is 2.19 bits per heavy atom. The monoisotopic (exact) mass is 557 g/mol. The summed E-state index contributed by atoms with van der Waals surface area (Å²) < 4.78 is 42.3. The Morgan fingerprint density at radius 1 is 1.11 bits per heavy atom. The second-order valence-corrected chi connectivity index (χ2v) is 10.3. The van der Waals surface area contributed by atoms with Gasteiger partial charge in [0.1, 0.15) is 18.3 Å². The van der Waals surface area contributed by atoms with Crippen LogP contribution >= 0.6 is 15.6 Å². The molecule has 2 heterocycles. The Hall–Kier alpha value is -1.66. The molecule has 1 aromatic heterocycles. The quantitative estimate of drug-likeness (QED) is 0.128. The zero-order valence-corrected chi connectivity index (χ0v) is 21.9. The summed E-state index contributed by atoms with van der Waals surface area (Å²) in [5.41, 5.74) is -1.63. The molecule has 2 rings (SSSR count). The van der Waals surface area contributed by atoms with Crippen LogP contribution in [0.25, 0.3) is 0 Å². The Bertz CT molecular complexity index is 1060. The molecule has 5 N–H and O–H groups in total. The van der Waals surface area contributed by atoms with Gasteiger partial charge in [0.25, 0.3) is 5.56 Å². The Labute approximate surface area is 207 Å². The van der Waals surface area contributed by atoms with Gasteiger partial charge in [-0.05, 0) is 19.6 Å². The maximum Gasteiger partial charge on any atom is 0.481 e. The van der Waals surface area contributed by atoms with E-state index in [4.69, 9.17) is 11.2 Å². The number of ether oxygens (including phenoxy) is 1. The van der Waals surface area contributed by atoms with Crippen LogP contribution in [0.15, 0.2) is 21.9 Å². The van der Waals surface area contributed by atoms with Crippen LogP contribution in [0.3, 0.4) is 0 Å². The van der Waals surface area contributed by atoms with Crippen molar-refractivity contribution in [1.82, 2.24) is 14.5 Å². The number of hydrogen-bond donors (Lipinski definition) is 5. The van der Waals surface area contributed by atoms with Crippen LogP contribution in [0, 0.1) is 12.3 Å². The molecule has 1 aliphatic rings. The van der Waals surface area contributed by atoms with Crippen molar-refractivity contribution >= 4 is 15.6 Å². The predicted octanol–water partition coefficient (Wildman–Crippen LogP) is -0.222. The second kappa shape index (κ2) is 14.9. The summed E-state index contributed by atoms with van der Waals surface area (Å²) in [7, 11) is -10.1. The van der Waals surface area contributed by atoms with Crippen molar-refractivity contribution < 1.29 is 47.2 Å². The lowest BCUT2D eigenvalue weighted by Crippen LogP contribution is -2.37. The summed E-state index contributed by atoms with van der Waals surface area (Å²) in [6.45, 7) is 8.83. The van der Waals surface area contributed by atoms with Gasteiger partial charge >= 0.3 is 21.3 Å². The first-order valence-corrected chi connectivity index (χ1v) is 13.9. The standard InChI is InChI=1S/C13H18N2O12P2.C6H15N/c1-2-3-6-24-28(20,21)27-29(22,23)25-7-8-10(17)11(18)12(26-8)15-5-4-9(16)14-13(15)19;1-4-7(5-2)6-3/h1,4-5,8,10-12,17-18H,3,6-7H2,(H,20,21)(H,22,23)(H,14,16,19);4-6H2,1-3H3/t8-,10-,11-,12-;/m1./s1. The number of aliphatic hydroxyl groups excluding tert-OH is 2. The maximum absolute atomic E-state index is 11.8. The van der Waals surface area contributed by atoms with E-state index in [2.05, 4.69) is 44.9 Å².